The molecule has 3 aromatic heterocycles. The normalized spacial score (nSPS) is 13.5. The molecule has 4 heteroatoms. The number of pyridine rings is 1. The predicted molar refractivity (Wildman–Crippen MR) is 176 cm³/mol. The molecule has 0 aliphatic carbocycles. The standard InChI is InChI=1S/C39H28N4/c1-39(2)31-12-8-13-33-37(31)43(38(41-33)25-19-21-40-22-20-25)36-18-16-27(24-32(36)39)26-15-17-35-30(23-26)29-11-6-7-14-34(29)42(35)28-9-4-3-5-10-28/h3-24H,1-2H3. The number of benzene rings is 5. The van der Waals surface area contributed by atoms with Crippen LogP contribution >= 0.6 is 0 Å². The van der Waals surface area contributed by atoms with E-state index in [1.807, 2.05) is 24.5 Å². The molecule has 0 unspecified atom stereocenters. The van der Waals surface area contributed by atoms with Crippen molar-refractivity contribution in [1.82, 2.24) is 19.1 Å². The molecule has 204 valence electrons. The van der Waals surface area contributed by atoms with Crippen LogP contribution in [0.2, 0.25) is 0 Å². The quantitative estimate of drug-likeness (QED) is 0.219. The molecular formula is C39H28N4. The Labute approximate surface area is 249 Å². The first kappa shape index (κ1) is 24.2. The van der Waals surface area contributed by atoms with Crippen molar-refractivity contribution in [3.63, 3.8) is 0 Å². The van der Waals surface area contributed by atoms with Gasteiger partial charge in [0.05, 0.1) is 27.8 Å². The zero-order chi connectivity index (χ0) is 28.7. The third-order valence-electron chi connectivity index (χ3n) is 9.22. The van der Waals surface area contributed by atoms with Gasteiger partial charge in [-0.1, -0.05) is 74.5 Å². The van der Waals surface area contributed by atoms with Crippen LogP contribution in [-0.2, 0) is 5.41 Å². The lowest BCUT2D eigenvalue weighted by molar-refractivity contribution is 0.629. The summed E-state index contributed by atoms with van der Waals surface area (Å²) in [5.74, 6) is 0.949. The Bertz CT molecular complexity index is 2360. The second kappa shape index (κ2) is 8.76. The fourth-order valence-corrected chi connectivity index (χ4v) is 7.12. The van der Waals surface area contributed by atoms with Gasteiger partial charge >= 0.3 is 0 Å². The molecule has 4 nitrogen and oxygen atoms in total. The Balaban J connectivity index is 1.27. The van der Waals surface area contributed by atoms with Gasteiger partial charge in [0, 0.05) is 39.8 Å². The minimum Gasteiger partial charge on any atom is -0.309 e. The second-order valence-corrected chi connectivity index (χ2v) is 12.0. The highest BCUT2D eigenvalue weighted by molar-refractivity contribution is 6.10. The maximum Gasteiger partial charge on any atom is 0.145 e. The molecule has 0 amide bonds. The lowest BCUT2D eigenvalue weighted by atomic mass is 9.74. The fourth-order valence-electron chi connectivity index (χ4n) is 7.12. The average Bonchev–Trinajstić information content (AvgIpc) is 3.61. The number of hydrogen-bond acceptors (Lipinski definition) is 2. The Morgan fingerprint density at radius 3 is 2.16 bits per heavy atom. The van der Waals surface area contributed by atoms with Crippen LogP contribution in [0.15, 0.2) is 134 Å². The van der Waals surface area contributed by atoms with E-state index < -0.39 is 0 Å². The zero-order valence-electron chi connectivity index (χ0n) is 24.0. The van der Waals surface area contributed by atoms with Crippen molar-refractivity contribution < 1.29 is 0 Å². The van der Waals surface area contributed by atoms with Crippen LogP contribution in [-0.4, -0.2) is 19.1 Å². The van der Waals surface area contributed by atoms with Crippen molar-refractivity contribution in [3.05, 3.63) is 145 Å². The molecule has 5 aromatic carbocycles. The van der Waals surface area contributed by atoms with Crippen LogP contribution in [0.4, 0.5) is 0 Å². The summed E-state index contributed by atoms with van der Waals surface area (Å²) in [7, 11) is 0. The topological polar surface area (TPSA) is 35.6 Å². The molecule has 0 bridgehead atoms. The smallest absolute Gasteiger partial charge is 0.145 e. The van der Waals surface area contributed by atoms with Crippen molar-refractivity contribution in [1.29, 1.82) is 0 Å². The van der Waals surface area contributed by atoms with Gasteiger partial charge in [0.1, 0.15) is 5.82 Å². The van der Waals surface area contributed by atoms with E-state index in [0.29, 0.717) is 0 Å². The van der Waals surface area contributed by atoms with Crippen LogP contribution < -0.4 is 0 Å². The molecule has 9 rings (SSSR count). The predicted octanol–water partition coefficient (Wildman–Crippen LogP) is 9.49. The SMILES string of the molecule is CC1(C)c2cc(-c3ccc4c(c3)c3ccccc3n4-c3ccccc3)ccc2-n2c(-c3ccncc3)nc3cccc1c32. The number of aromatic nitrogens is 4. The maximum atomic E-state index is 5.12. The number of fused-ring (bicyclic) bond motifs is 5. The molecule has 1 aliphatic rings. The van der Waals surface area contributed by atoms with E-state index in [1.165, 1.54) is 61.0 Å². The summed E-state index contributed by atoms with van der Waals surface area (Å²) in [5, 5.41) is 2.52. The van der Waals surface area contributed by atoms with E-state index in [4.69, 9.17) is 4.98 Å². The third kappa shape index (κ3) is 3.38. The van der Waals surface area contributed by atoms with Gasteiger partial charge in [0.15, 0.2) is 0 Å². The summed E-state index contributed by atoms with van der Waals surface area (Å²) in [6, 6.07) is 43.8. The molecule has 0 N–H and O–H groups in total. The Kier molecular flexibility index (Phi) is 4.92. The van der Waals surface area contributed by atoms with Crippen LogP contribution in [0.25, 0.3) is 66.7 Å². The molecule has 0 fully saturated rings. The largest absolute Gasteiger partial charge is 0.309 e. The van der Waals surface area contributed by atoms with E-state index in [9.17, 15) is 0 Å². The van der Waals surface area contributed by atoms with E-state index in [-0.39, 0.29) is 5.41 Å². The molecule has 0 saturated heterocycles. The van der Waals surface area contributed by atoms with Gasteiger partial charge in [-0.05, 0) is 82.9 Å². The molecule has 43 heavy (non-hydrogen) atoms. The summed E-state index contributed by atoms with van der Waals surface area (Å²) in [5.41, 5.74) is 12.9. The molecule has 8 aromatic rings. The third-order valence-corrected chi connectivity index (χ3v) is 9.22. The maximum absolute atomic E-state index is 5.12. The van der Waals surface area contributed by atoms with Gasteiger partial charge in [-0.15, -0.1) is 0 Å². The summed E-state index contributed by atoms with van der Waals surface area (Å²) < 4.78 is 4.72. The first-order chi connectivity index (χ1) is 21.1. The summed E-state index contributed by atoms with van der Waals surface area (Å²) in [6.45, 7) is 4.67. The fraction of sp³-hybridized carbons (Fsp3) is 0.0769. The molecular weight excluding hydrogens is 524 g/mol. The first-order valence-electron chi connectivity index (χ1n) is 14.8. The minimum atomic E-state index is -0.191. The molecule has 0 spiro atoms. The van der Waals surface area contributed by atoms with E-state index in [0.717, 1.165) is 16.9 Å². The lowest BCUT2D eigenvalue weighted by Crippen LogP contribution is -2.26. The van der Waals surface area contributed by atoms with Gasteiger partial charge in [-0.25, -0.2) is 4.98 Å². The summed E-state index contributed by atoms with van der Waals surface area (Å²) in [4.78, 5) is 9.37. The highest BCUT2D eigenvalue weighted by atomic mass is 15.1. The van der Waals surface area contributed by atoms with Gasteiger partial charge in [-0.3, -0.25) is 9.55 Å². The summed E-state index contributed by atoms with van der Waals surface area (Å²) in [6.07, 6.45) is 3.68. The average molecular weight is 553 g/mol. The van der Waals surface area contributed by atoms with E-state index >= 15 is 0 Å². The Morgan fingerprint density at radius 1 is 0.558 bits per heavy atom. The minimum absolute atomic E-state index is 0.191. The van der Waals surface area contributed by atoms with Crippen molar-refractivity contribution in [2.24, 2.45) is 0 Å². The van der Waals surface area contributed by atoms with Crippen molar-refractivity contribution in [2.75, 3.05) is 0 Å². The molecule has 1 aliphatic heterocycles. The van der Waals surface area contributed by atoms with E-state index in [2.05, 4.69) is 137 Å². The van der Waals surface area contributed by atoms with Crippen LogP contribution in [0, 0.1) is 0 Å². The van der Waals surface area contributed by atoms with Crippen molar-refractivity contribution in [3.8, 4) is 33.9 Å². The number of rotatable bonds is 3. The molecule has 0 saturated carbocycles. The van der Waals surface area contributed by atoms with Crippen molar-refractivity contribution >= 4 is 32.8 Å². The summed E-state index contributed by atoms with van der Waals surface area (Å²) >= 11 is 0. The molecule has 4 heterocycles. The number of imidazole rings is 1. The highest BCUT2D eigenvalue weighted by Crippen LogP contribution is 2.47. The second-order valence-electron chi connectivity index (χ2n) is 12.0. The first-order valence-corrected chi connectivity index (χ1v) is 14.8. The Morgan fingerprint density at radius 2 is 1.30 bits per heavy atom. The lowest BCUT2D eigenvalue weighted by Gasteiger charge is -2.35. The van der Waals surface area contributed by atoms with Crippen LogP contribution in [0.5, 0.6) is 0 Å². The zero-order valence-corrected chi connectivity index (χ0v) is 24.0. The monoisotopic (exact) mass is 552 g/mol. The molecule has 0 radical (unpaired) electrons. The van der Waals surface area contributed by atoms with Crippen molar-refractivity contribution in [2.45, 2.75) is 19.3 Å². The molecule has 0 atom stereocenters. The highest BCUT2D eigenvalue weighted by Gasteiger charge is 2.36. The van der Waals surface area contributed by atoms with Crippen LogP contribution in [0.1, 0.15) is 25.0 Å². The van der Waals surface area contributed by atoms with Crippen LogP contribution in [0.3, 0.4) is 0 Å². The van der Waals surface area contributed by atoms with Gasteiger partial charge in [0.2, 0.25) is 0 Å². The van der Waals surface area contributed by atoms with Gasteiger partial charge < -0.3 is 4.57 Å². The van der Waals surface area contributed by atoms with Gasteiger partial charge in [0.25, 0.3) is 0 Å². The number of hydrogen-bond donors (Lipinski definition) is 0. The number of nitrogens with zero attached hydrogens (tertiary/aromatic N) is 4. The van der Waals surface area contributed by atoms with E-state index in [1.54, 1.807) is 0 Å². The van der Waals surface area contributed by atoms with Gasteiger partial charge in [-0.2, -0.15) is 0 Å². The Hall–Kier alpha value is -5.48. The number of para-hydroxylation sites is 3.